The van der Waals surface area contributed by atoms with E-state index in [2.05, 4.69) is 28.4 Å². The monoisotopic (exact) mass is 331 g/mol. The van der Waals surface area contributed by atoms with Crippen LogP contribution >= 0.6 is 24.8 Å². The number of nitrogens with zero attached hydrogens (tertiary/aromatic N) is 2. The Morgan fingerprint density at radius 1 is 1.33 bits per heavy atom. The van der Waals surface area contributed by atoms with Crippen molar-refractivity contribution in [3.8, 4) is 11.8 Å². The summed E-state index contributed by atoms with van der Waals surface area (Å²) in [5.74, 6) is 0.887. The largest absolute Gasteiger partial charge is 0.494 e. The van der Waals surface area contributed by atoms with E-state index in [4.69, 9.17) is 10.00 Å². The molecular weight excluding hydrogens is 309 g/mol. The molecule has 6 heteroatoms. The standard InChI is InChI=1S/C15H21N3O.2ClH/c1-2-19-14-5-3-4-13(12-14)15(6-7-16)18-10-8-17-9-11-18;;/h3-5,12,15,17H,2,6,8-11H2,1H3;2*1H/t15-;;/m1../s1. The van der Waals surface area contributed by atoms with Crippen LogP contribution in [0.5, 0.6) is 5.75 Å². The molecule has 1 fully saturated rings. The van der Waals surface area contributed by atoms with E-state index in [0.717, 1.165) is 31.9 Å². The molecule has 0 amide bonds. The van der Waals surface area contributed by atoms with Crippen molar-refractivity contribution in [2.24, 2.45) is 0 Å². The summed E-state index contributed by atoms with van der Waals surface area (Å²) >= 11 is 0. The molecule has 0 spiro atoms. The number of hydrogen-bond acceptors (Lipinski definition) is 4. The molecule has 1 atom stereocenters. The second kappa shape index (κ2) is 10.7. The zero-order valence-corrected chi connectivity index (χ0v) is 13.9. The number of nitrogens with one attached hydrogen (secondary N) is 1. The molecule has 21 heavy (non-hydrogen) atoms. The summed E-state index contributed by atoms with van der Waals surface area (Å²) in [6.45, 7) is 6.62. The summed E-state index contributed by atoms with van der Waals surface area (Å²) in [5.41, 5.74) is 1.18. The second-order valence-electron chi connectivity index (χ2n) is 4.67. The molecular formula is C15H23Cl2N3O. The minimum absolute atomic E-state index is 0. The van der Waals surface area contributed by atoms with Crippen molar-refractivity contribution < 1.29 is 4.74 Å². The highest BCUT2D eigenvalue weighted by Crippen LogP contribution is 2.27. The first-order chi connectivity index (χ1) is 9.35. The molecule has 1 aromatic carbocycles. The third-order valence-electron chi connectivity index (χ3n) is 3.43. The van der Waals surface area contributed by atoms with Crippen LogP contribution < -0.4 is 10.1 Å². The van der Waals surface area contributed by atoms with E-state index in [1.165, 1.54) is 5.56 Å². The van der Waals surface area contributed by atoms with Gasteiger partial charge >= 0.3 is 0 Å². The average molecular weight is 332 g/mol. The summed E-state index contributed by atoms with van der Waals surface area (Å²) in [7, 11) is 0. The Kier molecular flexibility index (Phi) is 10.2. The first-order valence-electron chi connectivity index (χ1n) is 6.89. The maximum atomic E-state index is 9.08. The van der Waals surface area contributed by atoms with Crippen LogP contribution in [0.3, 0.4) is 0 Å². The van der Waals surface area contributed by atoms with Crippen molar-refractivity contribution in [2.45, 2.75) is 19.4 Å². The van der Waals surface area contributed by atoms with Crippen molar-refractivity contribution in [3.05, 3.63) is 29.8 Å². The van der Waals surface area contributed by atoms with E-state index < -0.39 is 0 Å². The molecule has 1 heterocycles. The zero-order chi connectivity index (χ0) is 13.5. The maximum Gasteiger partial charge on any atom is 0.119 e. The SMILES string of the molecule is CCOc1cccc([C@@H](CC#N)N2CCNCC2)c1.Cl.Cl. The van der Waals surface area contributed by atoms with Crippen LogP contribution in [-0.4, -0.2) is 37.7 Å². The van der Waals surface area contributed by atoms with Gasteiger partial charge in [0.2, 0.25) is 0 Å². The average Bonchev–Trinajstić information content (AvgIpc) is 2.46. The molecule has 1 aromatic rings. The van der Waals surface area contributed by atoms with E-state index in [-0.39, 0.29) is 30.9 Å². The second-order valence-corrected chi connectivity index (χ2v) is 4.67. The van der Waals surface area contributed by atoms with Gasteiger partial charge in [0.15, 0.2) is 0 Å². The first-order valence-corrected chi connectivity index (χ1v) is 6.89. The lowest BCUT2D eigenvalue weighted by atomic mass is 10.0. The Morgan fingerprint density at radius 3 is 2.67 bits per heavy atom. The van der Waals surface area contributed by atoms with Gasteiger partial charge < -0.3 is 10.1 Å². The molecule has 0 aromatic heterocycles. The van der Waals surface area contributed by atoms with Gasteiger partial charge in [0.05, 0.1) is 19.1 Å². The first kappa shape index (κ1) is 20.0. The minimum Gasteiger partial charge on any atom is -0.494 e. The predicted octanol–water partition coefficient (Wildman–Crippen LogP) is 2.79. The van der Waals surface area contributed by atoms with Gasteiger partial charge in [-0.3, -0.25) is 4.90 Å². The van der Waals surface area contributed by atoms with Crippen LogP contribution in [0.2, 0.25) is 0 Å². The van der Waals surface area contributed by atoms with Gasteiger partial charge in [0, 0.05) is 32.2 Å². The molecule has 1 aliphatic rings. The van der Waals surface area contributed by atoms with Crippen LogP contribution in [0, 0.1) is 11.3 Å². The molecule has 1 saturated heterocycles. The Morgan fingerprint density at radius 2 is 2.05 bits per heavy atom. The van der Waals surface area contributed by atoms with Crippen LogP contribution in [0.1, 0.15) is 24.9 Å². The van der Waals surface area contributed by atoms with Crippen molar-refractivity contribution >= 4 is 24.8 Å². The fraction of sp³-hybridized carbons (Fsp3) is 0.533. The number of ether oxygens (including phenoxy) is 1. The Labute approximate surface area is 139 Å². The lowest BCUT2D eigenvalue weighted by Gasteiger charge is -2.34. The lowest BCUT2D eigenvalue weighted by Crippen LogP contribution is -2.45. The van der Waals surface area contributed by atoms with Gasteiger partial charge in [-0.15, -0.1) is 24.8 Å². The Hall–Kier alpha value is -0.990. The molecule has 0 aliphatic carbocycles. The van der Waals surface area contributed by atoms with Gasteiger partial charge in [-0.05, 0) is 24.6 Å². The zero-order valence-electron chi connectivity index (χ0n) is 12.2. The van der Waals surface area contributed by atoms with Gasteiger partial charge in [0.25, 0.3) is 0 Å². The van der Waals surface area contributed by atoms with Crippen LogP contribution in [-0.2, 0) is 0 Å². The van der Waals surface area contributed by atoms with Crippen LogP contribution in [0.15, 0.2) is 24.3 Å². The maximum absolute atomic E-state index is 9.08. The number of benzene rings is 1. The summed E-state index contributed by atoms with van der Waals surface area (Å²) < 4.78 is 5.55. The normalized spacial score (nSPS) is 16.0. The molecule has 2 rings (SSSR count). The number of hydrogen-bond donors (Lipinski definition) is 1. The Balaban J connectivity index is 0.00000200. The lowest BCUT2D eigenvalue weighted by molar-refractivity contribution is 0.175. The highest BCUT2D eigenvalue weighted by Gasteiger charge is 2.22. The van der Waals surface area contributed by atoms with E-state index in [9.17, 15) is 0 Å². The Bertz CT molecular complexity index is 445. The topological polar surface area (TPSA) is 48.3 Å². The minimum atomic E-state index is 0. The number of rotatable bonds is 5. The summed E-state index contributed by atoms with van der Waals surface area (Å²) in [6, 6.07) is 10.6. The molecule has 118 valence electrons. The highest BCUT2D eigenvalue weighted by molar-refractivity contribution is 5.85. The number of halogens is 2. The number of nitriles is 1. The molecule has 0 bridgehead atoms. The van der Waals surface area contributed by atoms with E-state index in [1.807, 2.05) is 19.1 Å². The smallest absolute Gasteiger partial charge is 0.119 e. The third-order valence-corrected chi connectivity index (χ3v) is 3.43. The van der Waals surface area contributed by atoms with Crippen LogP contribution in [0.4, 0.5) is 0 Å². The summed E-state index contributed by atoms with van der Waals surface area (Å²) in [4.78, 5) is 2.38. The van der Waals surface area contributed by atoms with Crippen molar-refractivity contribution in [3.63, 3.8) is 0 Å². The highest BCUT2D eigenvalue weighted by atomic mass is 35.5. The van der Waals surface area contributed by atoms with Gasteiger partial charge in [0.1, 0.15) is 5.75 Å². The molecule has 1 N–H and O–H groups in total. The van der Waals surface area contributed by atoms with E-state index >= 15 is 0 Å². The number of piperazine rings is 1. The van der Waals surface area contributed by atoms with Crippen molar-refractivity contribution in [1.82, 2.24) is 10.2 Å². The quantitative estimate of drug-likeness (QED) is 0.901. The molecule has 1 aliphatic heterocycles. The molecule has 0 unspecified atom stereocenters. The van der Waals surface area contributed by atoms with Crippen LogP contribution in [0.25, 0.3) is 0 Å². The fourth-order valence-electron chi connectivity index (χ4n) is 2.52. The van der Waals surface area contributed by atoms with Gasteiger partial charge in [-0.25, -0.2) is 0 Å². The van der Waals surface area contributed by atoms with Gasteiger partial charge in [-0.2, -0.15) is 5.26 Å². The van der Waals surface area contributed by atoms with Crippen molar-refractivity contribution in [1.29, 1.82) is 5.26 Å². The van der Waals surface area contributed by atoms with E-state index in [1.54, 1.807) is 0 Å². The predicted molar refractivity (Wildman–Crippen MR) is 89.5 cm³/mol. The van der Waals surface area contributed by atoms with Gasteiger partial charge in [-0.1, -0.05) is 12.1 Å². The van der Waals surface area contributed by atoms with Crippen molar-refractivity contribution in [2.75, 3.05) is 32.8 Å². The molecule has 0 saturated carbocycles. The third kappa shape index (κ3) is 5.72. The molecule has 4 nitrogen and oxygen atoms in total. The van der Waals surface area contributed by atoms with E-state index in [0.29, 0.717) is 13.0 Å². The molecule has 0 radical (unpaired) electrons. The fourth-order valence-corrected chi connectivity index (χ4v) is 2.52. The summed E-state index contributed by atoms with van der Waals surface area (Å²) in [5, 5.41) is 12.4. The summed E-state index contributed by atoms with van der Waals surface area (Å²) in [6.07, 6.45) is 0.523.